The standard InChI is InChI=1S/C29H28N4O8/c1-3-38-28(36)22-16-30-24(32-26(22)34)18-6-10-20(11-7-18)40-14-5-15-41-21-12-8-19(9-13-21)25-31-17-23(27(35)33-25)29(37)39-4-2/h6-13,16-17H,3-5,14-15H2,1-2H3,(H,30,32,34)(H,31,33,35). The van der Waals surface area contributed by atoms with Crippen molar-refractivity contribution >= 4 is 11.9 Å². The summed E-state index contributed by atoms with van der Waals surface area (Å²) >= 11 is 0. The first-order valence-corrected chi connectivity index (χ1v) is 12.8. The number of esters is 2. The van der Waals surface area contributed by atoms with Crippen LogP contribution in [0.1, 0.15) is 41.0 Å². The van der Waals surface area contributed by atoms with E-state index in [1.165, 1.54) is 12.4 Å². The van der Waals surface area contributed by atoms with Gasteiger partial charge >= 0.3 is 11.9 Å². The molecule has 2 heterocycles. The average molecular weight is 561 g/mol. The molecule has 2 aromatic heterocycles. The summed E-state index contributed by atoms with van der Waals surface area (Å²) < 4.78 is 21.2. The Labute approximate surface area is 235 Å². The van der Waals surface area contributed by atoms with E-state index in [4.69, 9.17) is 18.9 Å². The third kappa shape index (κ3) is 7.44. The van der Waals surface area contributed by atoms with Gasteiger partial charge in [-0.25, -0.2) is 19.6 Å². The second kappa shape index (κ2) is 13.7. The predicted molar refractivity (Wildman–Crippen MR) is 146 cm³/mol. The van der Waals surface area contributed by atoms with Crippen LogP contribution in [0.15, 0.2) is 60.9 Å². The van der Waals surface area contributed by atoms with Gasteiger partial charge in [0.25, 0.3) is 0 Å². The number of carbonyl (C=O) groups excluding carboxylic acids is 2. The summed E-state index contributed by atoms with van der Waals surface area (Å²) in [6.45, 7) is 4.54. The number of rotatable bonds is 12. The Balaban J connectivity index is 1.23. The summed E-state index contributed by atoms with van der Waals surface area (Å²) in [7, 11) is 0. The number of benzene rings is 2. The van der Waals surface area contributed by atoms with E-state index in [0.29, 0.717) is 42.3 Å². The van der Waals surface area contributed by atoms with Crippen molar-refractivity contribution in [2.45, 2.75) is 20.3 Å². The van der Waals surface area contributed by atoms with Gasteiger partial charge in [-0.15, -0.1) is 0 Å². The Morgan fingerprint density at radius 3 is 1.39 bits per heavy atom. The van der Waals surface area contributed by atoms with Gasteiger partial charge in [0, 0.05) is 29.9 Å². The van der Waals surface area contributed by atoms with E-state index in [1.807, 2.05) is 0 Å². The maximum atomic E-state index is 11.8. The molecule has 2 aromatic carbocycles. The SMILES string of the molecule is CCOC(=O)c1cnc(-c2ccc(OCCCOc3ccc(-c4ncc(C(=O)OCC)c(O)n4)cc3)cc2)nc1O. The largest absolute Gasteiger partial charge is 0.493 e. The van der Waals surface area contributed by atoms with E-state index in [2.05, 4.69) is 19.9 Å². The maximum absolute atomic E-state index is 11.8. The van der Waals surface area contributed by atoms with E-state index in [9.17, 15) is 19.8 Å². The van der Waals surface area contributed by atoms with E-state index in [-0.39, 0.29) is 36.0 Å². The van der Waals surface area contributed by atoms with E-state index < -0.39 is 23.7 Å². The van der Waals surface area contributed by atoms with Gasteiger partial charge in [-0.05, 0) is 62.4 Å². The minimum atomic E-state index is -0.684. The number of carbonyl (C=O) groups is 2. The molecule has 0 saturated carbocycles. The summed E-state index contributed by atoms with van der Waals surface area (Å²) in [4.78, 5) is 39.8. The number of hydrogen-bond acceptors (Lipinski definition) is 12. The van der Waals surface area contributed by atoms with Crippen LogP contribution in [-0.2, 0) is 9.47 Å². The number of nitrogens with zero attached hydrogens (tertiary/aromatic N) is 4. The smallest absolute Gasteiger partial charge is 0.345 e. The van der Waals surface area contributed by atoms with Crippen molar-refractivity contribution in [3.05, 3.63) is 72.1 Å². The van der Waals surface area contributed by atoms with Crippen LogP contribution >= 0.6 is 0 Å². The number of aromatic hydroxyl groups is 2. The molecule has 0 fully saturated rings. The van der Waals surface area contributed by atoms with Gasteiger partial charge in [0.15, 0.2) is 11.6 Å². The molecule has 2 N–H and O–H groups in total. The first-order chi connectivity index (χ1) is 19.9. The van der Waals surface area contributed by atoms with E-state index in [0.717, 1.165) is 0 Å². The summed E-state index contributed by atoms with van der Waals surface area (Å²) in [5.41, 5.74) is 1.10. The van der Waals surface area contributed by atoms with Crippen LogP contribution in [0.3, 0.4) is 0 Å². The fourth-order valence-corrected chi connectivity index (χ4v) is 3.57. The molecule has 0 spiro atoms. The zero-order valence-electron chi connectivity index (χ0n) is 22.4. The van der Waals surface area contributed by atoms with Crippen LogP contribution in [0.5, 0.6) is 23.3 Å². The quantitative estimate of drug-likeness (QED) is 0.188. The number of ether oxygens (including phenoxy) is 4. The third-order valence-electron chi connectivity index (χ3n) is 5.58. The second-order valence-corrected chi connectivity index (χ2v) is 8.40. The van der Waals surface area contributed by atoms with Crippen LogP contribution in [0, 0.1) is 0 Å². The Hall–Kier alpha value is -5.26. The molecule has 0 amide bonds. The van der Waals surface area contributed by atoms with Gasteiger partial charge in [-0.1, -0.05) is 0 Å². The zero-order valence-corrected chi connectivity index (χ0v) is 22.4. The minimum Gasteiger partial charge on any atom is -0.493 e. The van der Waals surface area contributed by atoms with Crippen molar-refractivity contribution in [3.63, 3.8) is 0 Å². The van der Waals surface area contributed by atoms with Gasteiger partial charge in [0.2, 0.25) is 11.8 Å². The molecule has 41 heavy (non-hydrogen) atoms. The summed E-state index contributed by atoms with van der Waals surface area (Å²) in [6, 6.07) is 14.0. The molecule has 0 bridgehead atoms. The monoisotopic (exact) mass is 560 g/mol. The summed E-state index contributed by atoms with van der Waals surface area (Å²) in [5, 5.41) is 20.1. The van der Waals surface area contributed by atoms with Crippen molar-refractivity contribution in [2.24, 2.45) is 0 Å². The molecule has 4 rings (SSSR count). The molecule has 0 aliphatic heterocycles. The highest BCUT2D eigenvalue weighted by molar-refractivity contribution is 5.92. The lowest BCUT2D eigenvalue weighted by molar-refractivity contribution is 0.0511. The topological polar surface area (TPSA) is 163 Å². The molecule has 212 valence electrons. The van der Waals surface area contributed by atoms with Crippen molar-refractivity contribution < 1.29 is 38.7 Å². The molecular weight excluding hydrogens is 532 g/mol. The van der Waals surface area contributed by atoms with Gasteiger partial charge in [-0.2, -0.15) is 9.97 Å². The van der Waals surface area contributed by atoms with Crippen molar-refractivity contribution in [1.82, 2.24) is 19.9 Å². The third-order valence-corrected chi connectivity index (χ3v) is 5.58. The minimum absolute atomic E-state index is 0.0925. The summed E-state index contributed by atoms with van der Waals surface area (Å²) in [6.07, 6.45) is 3.09. The summed E-state index contributed by atoms with van der Waals surface area (Å²) in [5.74, 6) is -0.448. The first kappa shape index (κ1) is 28.7. The maximum Gasteiger partial charge on any atom is 0.345 e. The lowest BCUT2D eigenvalue weighted by Crippen LogP contribution is -2.07. The van der Waals surface area contributed by atoms with Gasteiger partial charge in [0.1, 0.15) is 22.6 Å². The van der Waals surface area contributed by atoms with E-state index in [1.54, 1.807) is 62.4 Å². The Kier molecular flexibility index (Phi) is 9.60. The first-order valence-electron chi connectivity index (χ1n) is 12.8. The number of aromatic nitrogens is 4. The van der Waals surface area contributed by atoms with Crippen LogP contribution < -0.4 is 9.47 Å². The second-order valence-electron chi connectivity index (χ2n) is 8.40. The molecule has 4 aromatic rings. The van der Waals surface area contributed by atoms with Crippen LogP contribution in [0.25, 0.3) is 22.8 Å². The van der Waals surface area contributed by atoms with E-state index >= 15 is 0 Å². The van der Waals surface area contributed by atoms with Crippen molar-refractivity contribution in [2.75, 3.05) is 26.4 Å². The number of hydrogen-bond donors (Lipinski definition) is 2. The van der Waals surface area contributed by atoms with Gasteiger partial charge < -0.3 is 29.2 Å². The normalized spacial score (nSPS) is 10.6. The lowest BCUT2D eigenvalue weighted by atomic mass is 10.2. The molecule has 0 radical (unpaired) electrons. The molecule has 0 saturated heterocycles. The van der Waals surface area contributed by atoms with Crippen molar-refractivity contribution in [1.29, 1.82) is 0 Å². The molecule has 0 aliphatic carbocycles. The highest BCUT2D eigenvalue weighted by Gasteiger charge is 2.17. The molecular formula is C29H28N4O8. The van der Waals surface area contributed by atoms with Crippen LogP contribution in [0.2, 0.25) is 0 Å². The Bertz CT molecular complexity index is 1380. The fourth-order valence-electron chi connectivity index (χ4n) is 3.57. The molecule has 12 heteroatoms. The molecule has 12 nitrogen and oxygen atoms in total. The Morgan fingerprint density at radius 1 is 0.659 bits per heavy atom. The molecule has 0 unspecified atom stereocenters. The van der Waals surface area contributed by atoms with Crippen LogP contribution in [-0.4, -0.2) is 68.5 Å². The lowest BCUT2D eigenvalue weighted by Gasteiger charge is -2.10. The highest BCUT2D eigenvalue weighted by atomic mass is 16.5. The Morgan fingerprint density at radius 2 is 1.05 bits per heavy atom. The van der Waals surface area contributed by atoms with Crippen molar-refractivity contribution in [3.8, 4) is 46.0 Å². The highest BCUT2D eigenvalue weighted by Crippen LogP contribution is 2.24. The van der Waals surface area contributed by atoms with Crippen LogP contribution in [0.4, 0.5) is 0 Å². The molecule has 0 aliphatic rings. The average Bonchev–Trinajstić information content (AvgIpc) is 2.97. The fraction of sp³-hybridized carbons (Fsp3) is 0.241. The van der Waals surface area contributed by atoms with Gasteiger partial charge in [0.05, 0.1) is 26.4 Å². The predicted octanol–water partition coefficient (Wildman–Crippen LogP) is 4.21. The zero-order chi connectivity index (χ0) is 29.2. The molecule has 0 atom stereocenters. The van der Waals surface area contributed by atoms with Gasteiger partial charge in [-0.3, -0.25) is 0 Å².